The molecule has 1 atom stereocenters. The van der Waals surface area contributed by atoms with Crippen LogP contribution >= 0.6 is 0 Å². The van der Waals surface area contributed by atoms with Gasteiger partial charge in [0.25, 0.3) is 0 Å². The quantitative estimate of drug-likeness (QED) is 0.199. The summed E-state index contributed by atoms with van der Waals surface area (Å²) < 4.78 is 0. The van der Waals surface area contributed by atoms with Crippen molar-refractivity contribution in [3.63, 3.8) is 0 Å². The van der Waals surface area contributed by atoms with Crippen molar-refractivity contribution in [1.82, 2.24) is 4.90 Å². The van der Waals surface area contributed by atoms with Crippen LogP contribution in [0.4, 0.5) is 0 Å². The molecule has 0 aromatic heterocycles. The Morgan fingerprint density at radius 2 is 0.920 bits per heavy atom. The zero-order valence-electron chi connectivity index (χ0n) is 18.5. The average Bonchev–Trinajstić information content (AvgIpc) is 2.59. The Labute approximate surface area is 161 Å². The fraction of sp³-hybridized carbons (Fsp3) is 1.00. The normalized spacial score (nSPS) is 12.8. The topological polar surface area (TPSA) is 3.24 Å². The van der Waals surface area contributed by atoms with Gasteiger partial charge in [-0.3, -0.25) is 0 Å². The number of unbranched alkanes of at least 4 members (excludes halogenated alkanes) is 12. The summed E-state index contributed by atoms with van der Waals surface area (Å²) in [6.07, 6.45) is 26.2. The van der Waals surface area contributed by atoms with Crippen LogP contribution in [0, 0.1) is 5.92 Å². The molecule has 0 bridgehead atoms. The molecule has 0 aliphatic heterocycles. The van der Waals surface area contributed by atoms with Crippen LogP contribution < -0.4 is 0 Å². The van der Waals surface area contributed by atoms with E-state index in [-0.39, 0.29) is 0 Å². The molecule has 0 N–H and O–H groups in total. The van der Waals surface area contributed by atoms with Gasteiger partial charge in [0.05, 0.1) is 0 Å². The van der Waals surface area contributed by atoms with E-state index in [4.69, 9.17) is 0 Å². The van der Waals surface area contributed by atoms with Gasteiger partial charge in [-0.05, 0) is 33.0 Å². The van der Waals surface area contributed by atoms with Gasteiger partial charge in [0.15, 0.2) is 0 Å². The molecule has 0 saturated carbocycles. The van der Waals surface area contributed by atoms with E-state index in [9.17, 15) is 0 Å². The highest BCUT2D eigenvalue weighted by molar-refractivity contribution is 4.61. The monoisotopic (exact) mass is 353 g/mol. The van der Waals surface area contributed by atoms with Gasteiger partial charge in [-0.15, -0.1) is 0 Å². The Morgan fingerprint density at radius 1 is 0.480 bits per heavy atom. The van der Waals surface area contributed by atoms with Crippen molar-refractivity contribution >= 4 is 0 Å². The molecule has 1 heteroatoms. The second kappa shape index (κ2) is 20.3. The summed E-state index contributed by atoms with van der Waals surface area (Å²) in [6, 6.07) is 0. The predicted octanol–water partition coefficient (Wildman–Crippen LogP) is 8.23. The Morgan fingerprint density at radius 3 is 1.36 bits per heavy atom. The highest BCUT2D eigenvalue weighted by Gasteiger charge is 2.07. The summed E-state index contributed by atoms with van der Waals surface area (Å²) in [4.78, 5) is 2.32. The lowest BCUT2D eigenvalue weighted by molar-refractivity contribution is 0.350. The Hall–Kier alpha value is -0.0400. The van der Waals surface area contributed by atoms with Gasteiger partial charge in [-0.1, -0.05) is 123 Å². The Balaban J connectivity index is 3.38. The molecule has 0 aliphatic rings. The van der Waals surface area contributed by atoms with Crippen molar-refractivity contribution in [2.24, 2.45) is 5.92 Å². The molecule has 25 heavy (non-hydrogen) atoms. The molecule has 1 unspecified atom stereocenters. The number of hydrogen-bond acceptors (Lipinski definition) is 1. The Kier molecular flexibility index (Phi) is 20.2. The molecule has 0 heterocycles. The molecule has 0 aromatic carbocycles. The zero-order valence-corrected chi connectivity index (χ0v) is 18.5. The summed E-state index contributed by atoms with van der Waals surface area (Å²) in [5.41, 5.74) is 0. The molecule has 0 fully saturated rings. The van der Waals surface area contributed by atoms with Crippen molar-refractivity contribution in [3.05, 3.63) is 0 Å². The summed E-state index contributed by atoms with van der Waals surface area (Å²) >= 11 is 0. The van der Waals surface area contributed by atoms with Crippen molar-refractivity contribution in [1.29, 1.82) is 0 Å². The van der Waals surface area contributed by atoms with Crippen LogP contribution in [-0.2, 0) is 0 Å². The maximum atomic E-state index is 2.36. The second-order valence-electron chi connectivity index (χ2n) is 8.63. The van der Waals surface area contributed by atoms with E-state index in [1.807, 2.05) is 0 Å². The first-order chi connectivity index (χ1) is 12.2. The molecular formula is C24H51N. The molecule has 0 rings (SSSR count). The molecule has 0 radical (unpaired) electrons. The molecule has 0 amide bonds. The smallest absolute Gasteiger partial charge is 0.00248 e. The van der Waals surface area contributed by atoms with Crippen LogP contribution in [0.2, 0.25) is 0 Å². The highest BCUT2D eigenvalue weighted by atomic mass is 15.0. The van der Waals surface area contributed by atoms with Crippen LogP contribution in [0.5, 0.6) is 0 Å². The van der Waals surface area contributed by atoms with E-state index in [2.05, 4.69) is 32.8 Å². The van der Waals surface area contributed by atoms with Crippen LogP contribution in [0.15, 0.2) is 0 Å². The number of hydrogen-bond donors (Lipinski definition) is 0. The average molecular weight is 354 g/mol. The maximum Gasteiger partial charge on any atom is -0.00248 e. The van der Waals surface area contributed by atoms with E-state index in [0.29, 0.717) is 0 Å². The lowest BCUT2D eigenvalue weighted by Gasteiger charge is -2.17. The number of rotatable bonds is 20. The first-order valence-corrected chi connectivity index (χ1v) is 11.8. The van der Waals surface area contributed by atoms with E-state index in [0.717, 1.165) is 5.92 Å². The van der Waals surface area contributed by atoms with Gasteiger partial charge in [-0.25, -0.2) is 0 Å². The van der Waals surface area contributed by atoms with Crippen LogP contribution in [0.3, 0.4) is 0 Å². The van der Waals surface area contributed by atoms with Gasteiger partial charge in [0.1, 0.15) is 0 Å². The lowest BCUT2D eigenvalue weighted by atomic mass is 9.91. The highest BCUT2D eigenvalue weighted by Crippen LogP contribution is 2.22. The van der Waals surface area contributed by atoms with E-state index in [1.54, 1.807) is 0 Å². The zero-order chi connectivity index (χ0) is 18.6. The van der Waals surface area contributed by atoms with Crippen LogP contribution in [0.1, 0.15) is 129 Å². The first kappa shape index (κ1) is 25.0. The SMILES string of the molecule is CCCCCCCCCCCCCCC(CCC)CCCCN(C)C. The molecule has 152 valence electrons. The fourth-order valence-corrected chi connectivity index (χ4v) is 3.98. The molecule has 0 aromatic rings. The third-order valence-electron chi connectivity index (χ3n) is 5.63. The second-order valence-corrected chi connectivity index (χ2v) is 8.63. The molecular weight excluding hydrogens is 302 g/mol. The minimum atomic E-state index is 1.01. The fourth-order valence-electron chi connectivity index (χ4n) is 3.98. The molecule has 1 nitrogen and oxygen atoms in total. The maximum absolute atomic E-state index is 2.36. The molecule has 0 saturated heterocycles. The van der Waals surface area contributed by atoms with Crippen molar-refractivity contribution < 1.29 is 0 Å². The molecule has 0 aliphatic carbocycles. The third-order valence-corrected chi connectivity index (χ3v) is 5.63. The van der Waals surface area contributed by atoms with E-state index in [1.165, 1.54) is 122 Å². The summed E-state index contributed by atoms with van der Waals surface area (Å²) in [7, 11) is 4.38. The van der Waals surface area contributed by atoms with Crippen molar-refractivity contribution in [3.8, 4) is 0 Å². The van der Waals surface area contributed by atoms with E-state index < -0.39 is 0 Å². The molecule has 0 spiro atoms. The van der Waals surface area contributed by atoms with Gasteiger partial charge in [0, 0.05) is 0 Å². The Bertz CT molecular complexity index is 236. The van der Waals surface area contributed by atoms with Crippen LogP contribution in [-0.4, -0.2) is 25.5 Å². The van der Waals surface area contributed by atoms with Crippen LogP contribution in [0.25, 0.3) is 0 Å². The third kappa shape index (κ3) is 20.1. The largest absolute Gasteiger partial charge is 0.309 e. The van der Waals surface area contributed by atoms with Gasteiger partial charge >= 0.3 is 0 Å². The van der Waals surface area contributed by atoms with Gasteiger partial charge in [-0.2, -0.15) is 0 Å². The van der Waals surface area contributed by atoms with Crippen molar-refractivity contribution in [2.45, 2.75) is 129 Å². The van der Waals surface area contributed by atoms with Crippen molar-refractivity contribution in [2.75, 3.05) is 20.6 Å². The summed E-state index contributed by atoms with van der Waals surface area (Å²) in [5.74, 6) is 1.01. The summed E-state index contributed by atoms with van der Waals surface area (Å²) in [6.45, 7) is 5.92. The minimum absolute atomic E-state index is 1.01. The van der Waals surface area contributed by atoms with Gasteiger partial charge in [0.2, 0.25) is 0 Å². The summed E-state index contributed by atoms with van der Waals surface area (Å²) in [5, 5.41) is 0. The minimum Gasteiger partial charge on any atom is -0.309 e. The van der Waals surface area contributed by atoms with E-state index >= 15 is 0 Å². The lowest BCUT2D eigenvalue weighted by Crippen LogP contribution is -2.13. The number of nitrogens with zero attached hydrogens (tertiary/aromatic N) is 1. The predicted molar refractivity (Wildman–Crippen MR) is 116 cm³/mol. The first-order valence-electron chi connectivity index (χ1n) is 11.8. The van der Waals surface area contributed by atoms with Gasteiger partial charge < -0.3 is 4.90 Å². The standard InChI is InChI=1S/C24H51N/c1-5-7-8-9-10-11-12-13-14-15-16-17-21-24(20-6-2)22-18-19-23-25(3)4/h24H,5-23H2,1-4H3.